The van der Waals surface area contributed by atoms with E-state index in [1.54, 1.807) is 0 Å². The minimum Gasteiger partial charge on any atom is -0.591 e. The fourth-order valence-corrected chi connectivity index (χ4v) is 1.53. The van der Waals surface area contributed by atoms with E-state index in [4.69, 9.17) is 0 Å². The minimum atomic E-state index is -1.06. The van der Waals surface area contributed by atoms with E-state index in [-0.39, 0.29) is 4.75 Å². The molecule has 0 heterocycles. The Balaban J connectivity index is 2.53. The van der Waals surface area contributed by atoms with Gasteiger partial charge in [-0.2, -0.15) is 0 Å². The van der Waals surface area contributed by atoms with Gasteiger partial charge >= 0.3 is 0 Å². The quantitative estimate of drug-likeness (QED) is 0.482. The summed E-state index contributed by atoms with van der Waals surface area (Å²) in [4.78, 5) is 0. The predicted molar refractivity (Wildman–Crippen MR) is 53.7 cm³/mol. The first kappa shape index (κ1) is 10.1. The average molecular weight is 187 g/mol. The Labute approximate surface area is 77.8 Å². The summed E-state index contributed by atoms with van der Waals surface area (Å²) in [5.41, 5.74) is 1.07. The highest BCUT2D eigenvalue weighted by Gasteiger charge is 2.30. The predicted octanol–water partition coefficient (Wildman–Crippen LogP) is 2.32. The molecule has 0 aromatic rings. The molecular formula is C9H17NOS. The molecule has 1 aliphatic rings. The van der Waals surface area contributed by atoms with Crippen molar-refractivity contribution in [3.05, 3.63) is 0 Å². The minimum absolute atomic E-state index is 0.212. The molecule has 0 aromatic heterocycles. The van der Waals surface area contributed by atoms with Gasteiger partial charge in [-0.1, -0.05) is 4.40 Å². The third kappa shape index (κ3) is 2.79. The Morgan fingerprint density at radius 2 is 1.92 bits per heavy atom. The van der Waals surface area contributed by atoms with Crippen molar-refractivity contribution in [2.24, 2.45) is 10.3 Å². The zero-order valence-corrected chi connectivity index (χ0v) is 9.07. The van der Waals surface area contributed by atoms with Crippen molar-refractivity contribution in [2.75, 3.05) is 0 Å². The molecule has 1 rings (SSSR count). The monoisotopic (exact) mass is 187 g/mol. The molecule has 1 unspecified atom stereocenters. The van der Waals surface area contributed by atoms with Crippen LogP contribution in [0.5, 0.6) is 0 Å². The molecule has 0 N–H and O–H groups in total. The molecule has 2 nitrogen and oxygen atoms in total. The number of rotatable bonds is 2. The molecule has 1 atom stereocenters. The van der Waals surface area contributed by atoms with Crippen LogP contribution in [0.15, 0.2) is 4.40 Å². The Kier molecular flexibility index (Phi) is 2.84. The van der Waals surface area contributed by atoms with Gasteiger partial charge in [0.2, 0.25) is 0 Å². The number of nitrogens with zero attached hydrogens (tertiary/aromatic N) is 1. The van der Waals surface area contributed by atoms with Crippen LogP contribution in [0, 0.1) is 5.92 Å². The molecule has 1 fully saturated rings. The van der Waals surface area contributed by atoms with Crippen LogP contribution in [-0.4, -0.2) is 15.0 Å². The Hall–Kier alpha value is -0.0200. The summed E-state index contributed by atoms with van der Waals surface area (Å²) in [6.07, 6.45) is 2.47. The van der Waals surface area contributed by atoms with Crippen molar-refractivity contribution in [2.45, 2.75) is 45.3 Å². The summed E-state index contributed by atoms with van der Waals surface area (Å²) in [7, 11) is 0. The van der Waals surface area contributed by atoms with Gasteiger partial charge < -0.3 is 4.55 Å². The molecule has 3 heteroatoms. The maximum atomic E-state index is 11.5. The third-order valence-corrected chi connectivity index (χ3v) is 3.42. The first-order valence-corrected chi connectivity index (χ1v) is 5.49. The van der Waals surface area contributed by atoms with E-state index < -0.39 is 11.4 Å². The van der Waals surface area contributed by atoms with Crippen LogP contribution in [-0.2, 0) is 11.4 Å². The van der Waals surface area contributed by atoms with Crippen LogP contribution in [0.1, 0.15) is 40.5 Å². The first-order chi connectivity index (χ1) is 5.41. The van der Waals surface area contributed by atoms with Gasteiger partial charge in [0.1, 0.15) is 16.1 Å². The van der Waals surface area contributed by atoms with E-state index in [0.29, 0.717) is 5.92 Å². The Morgan fingerprint density at radius 1 is 1.42 bits per heavy atom. The van der Waals surface area contributed by atoms with E-state index >= 15 is 0 Å². The molecule has 70 valence electrons. The molecular weight excluding hydrogens is 170 g/mol. The second-order valence-corrected chi connectivity index (χ2v) is 6.27. The molecule has 0 bridgehead atoms. The van der Waals surface area contributed by atoms with Crippen molar-refractivity contribution in [1.82, 2.24) is 0 Å². The number of hydrogen-bond acceptors (Lipinski definition) is 2. The summed E-state index contributed by atoms with van der Waals surface area (Å²) < 4.78 is 15.5. The van der Waals surface area contributed by atoms with Crippen molar-refractivity contribution < 1.29 is 4.55 Å². The molecule has 1 aliphatic carbocycles. The molecule has 0 aliphatic heterocycles. The second-order valence-electron chi connectivity index (χ2n) is 4.37. The zero-order chi connectivity index (χ0) is 9.35. The molecule has 0 saturated heterocycles. The van der Waals surface area contributed by atoms with Gasteiger partial charge in [-0.25, -0.2) is 0 Å². The highest BCUT2D eigenvalue weighted by atomic mass is 32.2. The normalized spacial score (nSPS) is 22.6. The summed E-state index contributed by atoms with van der Waals surface area (Å²) in [5, 5.41) is 0. The summed E-state index contributed by atoms with van der Waals surface area (Å²) in [5.74, 6) is 0.635. The molecule has 1 saturated carbocycles. The first-order valence-electron chi connectivity index (χ1n) is 4.38. The topological polar surface area (TPSA) is 35.4 Å². The van der Waals surface area contributed by atoms with E-state index in [1.165, 1.54) is 12.8 Å². The molecule has 0 amide bonds. The van der Waals surface area contributed by atoms with Crippen LogP contribution in [0.25, 0.3) is 0 Å². The van der Waals surface area contributed by atoms with Crippen LogP contribution >= 0.6 is 0 Å². The lowest BCUT2D eigenvalue weighted by Crippen LogP contribution is -2.26. The Morgan fingerprint density at radius 3 is 2.25 bits per heavy atom. The lowest BCUT2D eigenvalue weighted by atomic mass is 10.3. The lowest BCUT2D eigenvalue weighted by molar-refractivity contribution is 0.561. The maximum Gasteiger partial charge on any atom is 0.144 e. The van der Waals surface area contributed by atoms with Crippen molar-refractivity contribution in [3.8, 4) is 0 Å². The van der Waals surface area contributed by atoms with Gasteiger partial charge in [0.05, 0.1) is 5.71 Å². The van der Waals surface area contributed by atoms with Gasteiger partial charge in [-0.05, 0) is 40.5 Å². The molecule has 12 heavy (non-hydrogen) atoms. The maximum absolute atomic E-state index is 11.5. The second kappa shape index (κ2) is 3.38. The molecule has 0 spiro atoms. The Bertz CT molecular complexity index is 191. The largest absolute Gasteiger partial charge is 0.591 e. The van der Waals surface area contributed by atoms with Gasteiger partial charge in [-0.3, -0.25) is 0 Å². The van der Waals surface area contributed by atoms with Crippen molar-refractivity contribution in [1.29, 1.82) is 0 Å². The van der Waals surface area contributed by atoms with Gasteiger partial charge in [0, 0.05) is 5.92 Å². The SMILES string of the molecule is C/C(=N/[S+]([O-])C(C)(C)C)C1CC1. The fourth-order valence-electron chi connectivity index (χ4n) is 0.843. The van der Waals surface area contributed by atoms with E-state index in [0.717, 1.165) is 5.71 Å². The molecule has 0 radical (unpaired) electrons. The summed E-state index contributed by atoms with van der Waals surface area (Å²) >= 11 is -1.06. The number of hydrogen-bond donors (Lipinski definition) is 0. The fraction of sp³-hybridized carbons (Fsp3) is 0.889. The van der Waals surface area contributed by atoms with Gasteiger partial charge in [-0.15, -0.1) is 0 Å². The smallest absolute Gasteiger partial charge is 0.144 e. The van der Waals surface area contributed by atoms with E-state index in [9.17, 15) is 4.55 Å². The zero-order valence-electron chi connectivity index (χ0n) is 8.26. The standard InChI is InChI=1S/C9H17NOS/c1-7(8-5-6-8)10-12(11)9(2,3)4/h8H,5-6H2,1-4H3/b10-7-. The van der Waals surface area contributed by atoms with Crippen molar-refractivity contribution in [3.63, 3.8) is 0 Å². The van der Waals surface area contributed by atoms with Crippen LogP contribution < -0.4 is 0 Å². The lowest BCUT2D eigenvalue weighted by Gasteiger charge is -2.18. The average Bonchev–Trinajstić information content (AvgIpc) is 2.65. The molecule has 0 aromatic carbocycles. The highest BCUT2D eigenvalue weighted by Crippen LogP contribution is 2.31. The summed E-state index contributed by atoms with van der Waals surface area (Å²) in [6, 6.07) is 0. The van der Waals surface area contributed by atoms with Gasteiger partial charge in [0.15, 0.2) is 0 Å². The van der Waals surface area contributed by atoms with Crippen LogP contribution in [0.3, 0.4) is 0 Å². The van der Waals surface area contributed by atoms with Gasteiger partial charge in [0.25, 0.3) is 0 Å². The van der Waals surface area contributed by atoms with E-state index in [2.05, 4.69) is 4.40 Å². The summed E-state index contributed by atoms with van der Waals surface area (Å²) in [6.45, 7) is 7.84. The van der Waals surface area contributed by atoms with Crippen LogP contribution in [0.2, 0.25) is 0 Å². The third-order valence-electron chi connectivity index (χ3n) is 1.92. The van der Waals surface area contributed by atoms with Crippen LogP contribution in [0.4, 0.5) is 0 Å². The van der Waals surface area contributed by atoms with Crippen molar-refractivity contribution >= 4 is 17.1 Å². The highest BCUT2D eigenvalue weighted by molar-refractivity contribution is 7.91. The van der Waals surface area contributed by atoms with E-state index in [1.807, 2.05) is 27.7 Å².